The maximum absolute atomic E-state index is 4.68. The molecule has 1 aliphatic heterocycles. The average Bonchev–Trinajstić information content (AvgIpc) is 3.24. The number of para-hydroxylation sites is 2. The Morgan fingerprint density at radius 2 is 1.50 bits per heavy atom. The van der Waals surface area contributed by atoms with Crippen LogP contribution in [0.4, 0.5) is 0 Å². The Labute approximate surface area is 156 Å². The van der Waals surface area contributed by atoms with Crippen molar-refractivity contribution in [1.29, 1.82) is 0 Å². The molecule has 26 heavy (non-hydrogen) atoms. The first-order chi connectivity index (χ1) is 12.9. The first-order valence-electron chi connectivity index (χ1n) is 9.07. The molecule has 5 rings (SSSR count). The summed E-state index contributed by atoms with van der Waals surface area (Å²) in [5.74, 6) is 1.11. The fourth-order valence-corrected chi connectivity index (χ4v) is 4.45. The second-order valence-electron chi connectivity index (χ2n) is 6.86. The largest absolute Gasteiger partial charge is 0.297 e. The van der Waals surface area contributed by atoms with Crippen LogP contribution in [0, 0.1) is 0 Å². The van der Waals surface area contributed by atoms with Gasteiger partial charge in [-0.25, -0.2) is 4.98 Å². The monoisotopic (exact) mass is 363 g/mol. The molecule has 6 heteroatoms. The number of fused-ring (bicyclic) bond motifs is 3. The molecule has 0 amide bonds. The van der Waals surface area contributed by atoms with E-state index >= 15 is 0 Å². The zero-order chi connectivity index (χ0) is 17.3. The first kappa shape index (κ1) is 15.9. The maximum atomic E-state index is 4.68. The number of hydrogen-bond donors (Lipinski definition) is 0. The average molecular weight is 363 g/mol. The molecule has 0 saturated carbocycles. The second kappa shape index (κ2) is 6.79. The quantitative estimate of drug-likeness (QED) is 0.558. The third-order valence-corrected chi connectivity index (χ3v) is 5.84. The van der Waals surface area contributed by atoms with Gasteiger partial charge in [0.2, 0.25) is 4.96 Å². The number of rotatable bonds is 4. The fourth-order valence-electron chi connectivity index (χ4n) is 3.70. The van der Waals surface area contributed by atoms with E-state index in [9.17, 15) is 0 Å². The third kappa shape index (κ3) is 3.00. The van der Waals surface area contributed by atoms with Crippen molar-refractivity contribution in [2.24, 2.45) is 0 Å². The van der Waals surface area contributed by atoms with E-state index in [0.29, 0.717) is 0 Å². The first-order valence-corrected chi connectivity index (χ1v) is 9.84. The Hall–Kier alpha value is -2.28. The highest BCUT2D eigenvalue weighted by Crippen LogP contribution is 2.22. The van der Waals surface area contributed by atoms with Gasteiger partial charge < -0.3 is 0 Å². The molecule has 0 bridgehead atoms. The van der Waals surface area contributed by atoms with Gasteiger partial charge >= 0.3 is 0 Å². The lowest BCUT2D eigenvalue weighted by Gasteiger charge is -2.34. The van der Waals surface area contributed by atoms with Gasteiger partial charge in [0, 0.05) is 44.3 Å². The van der Waals surface area contributed by atoms with Gasteiger partial charge in [-0.1, -0.05) is 42.5 Å². The number of nitrogens with zero attached hydrogens (tertiary/aromatic N) is 5. The van der Waals surface area contributed by atoms with Gasteiger partial charge in [-0.15, -0.1) is 0 Å². The van der Waals surface area contributed by atoms with Gasteiger partial charge in [-0.05, 0) is 17.7 Å². The van der Waals surface area contributed by atoms with Crippen LogP contribution < -0.4 is 0 Å². The lowest BCUT2D eigenvalue weighted by atomic mass is 10.2. The van der Waals surface area contributed by atoms with Gasteiger partial charge in [0.15, 0.2) is 0 Å². The number of piperazine rings is 1. The Balaban J connectivity index is 1.27. The van der Waals surface area contributed by atoms with E-state index in [1.807, 2.05) is 6.07 Å². The summed E-state index contributed by atoms with van der Waals surface area (Å²) in [6.45, 7) is 6.30. The van der Waals surface area contributed by atoms with Crippen LogP contribution in [-0.2, 0) is 13.1 Å². The van der Waals surface area contributed by atoms with Crippen molar-refractivity contribution in [2.75, 3.05) is 26.2 Å². The molecule has 0 radical (unpaired) electrons. The molecule has 1 fully saturated rings. The molecule has 4 aromatic rings. The van der Waals surface area contributed by atoms with Crippen molar-refractivity contribution < 1.29 is 0 Å². The summed E-state index contributed by atoms with van der Waals surface area (Å²) in [4.78, 5) is 10.7. The molecule has 5 nitrogen and oxygen atoms in total. The second-order valence-corrected chi connectivity index (χ2v) is 7.59. The molecule has 0 N–H and O–H groups in total. The molecular weight excluding hydrogens is 342 g/mol. The molecule has 0 spiro atoms. The van der Waals surface area contributed by atoms with Gasteiger partial charge in [0.05, 0.1) is 17.6 Å². The summed E-state index contributed by atoms with van der Waals surface area (Å²) < 4.78 is 6.89. The van der Waals surface area contributed by atoms with Crippen molar-refractivity contribution in [1.82, 2.24) is 23.6 Å². The van der Waals surface area contributed by atoms with E-state index in [2.05, 4.69) is 72.1 Å². The summed E-state index contributed by atoms with van der Waals surface area (Å²) in [5, 5.41) is 0. The minimum atomic E-state index is 0.888. The summed E-state index contributed by atoms with van der Waals surface area (Å²) in [6, 6.07) is 19.1. The minimum Gasteiger partial charge on any atom is -0.297 e. The van der Waals surface area contributed by atoms with E-state index in [1.165, 1.54) is 17.1 Å². The molecule has 0 aliphatic carbocycles. The van der Waals surface area contributed by atoms with Crippen LogP contribution in [0.1, 0.15) is 11.4 Å². The van der Waals surface area contributed by atoms with E-state index in [-0.39, 0.29) is 0 Å². The Morgan fingerprint density at radius 3 is 2.31 bits per heavy atom. The van der Waals surface area contributed by atoms with Gasteiger partial charge in [0.1, 0.15) is 5.82 Å². The summed E-state index contributed by atoms with van der Waals surface area (Å²) in [6.07, 6.45) is 0. The highest BCUT2D eigenvalue weighted by molar-refractivity contribution is 7.11. The van der Waals surface area contributed by atoms with Crippen LogP contribution in [0.2, 0.25) is 0 Å². The van der Waals surface area contributed by atoms with Crippen LogP contribution in [0.5, 0.6) is 0 Å². The lowest BCUT2D eigenvalue weighted by Crippen LogP contribution is -2.45. The number of imidazole rings is 1. The number of benzene rings is 2. The minimum absolute atomic E-state index is 0.888. The van der Waals surface area contributed by atoms with Crippen LogP contribution in [0.25, 0.3) is 16.0 Å². The van der Waals surface area contributed by atoms with Gasteiger partial charge in [-0.3, -0.25) is 14.2 Å². The molecule has 132 valence electrons. The molecule has 0 atom stereocenters. The highest BCUT2D eigenvalue weighted by atomic mass is 32.1. The van der Waals surface area contributed by atoms with Crippen molar-refractivity contribution in [3.8, 4) is 0 Å². The van der Waals surface area contributed by atoms with E-state index < -0.39 is 0 Å². The van der Waals surface area contributed by atoms with Crippen LogP contribution >= 0.6 is 11.5 Å². The Kier molecular flexibility index (Phi) is 4.16. The zero-order valence-electron chi connectivity index (χ0n) is 14.6. The lowest BCUT2D eigenvalue weighted by molar-refractivity contribution is 0.120. The highest BCUT2D eigenvalue weighted by Gasteiger charge is 2.20. The van der Waals surface area contributed by atoms with E-state index in [0.717, 1.165) is 61.1 Å². The Morgan fingerprint density at radius 1 is 0.808 bits per heavy atom. The molecule has 1 saturated heterocycles. The molecule has 1 aliphatic rings. The van der Waals surface area contributed by atoms with Crippen molar-refractivity contribution in [2.45, 2.75) is 13.1 Å². The van der Waals surface area contributed by atoms with E-state index in [4.69, 9.17) is 0 Å². The molecule has 2 aromatic heterocycles. The predicted octanol–water partition coefficient (Wildman–Crippen LogP) is 3.26. The smallest absolute Gasteiger partial charge is 0.214 e. The molecule has 3 heterocycles. The maximum Gasteiger partial charge on any atom is 0.214 e. The zero-order valence-corrected chi connectivity index (χ0v) is 15.4. The van der Waals surface area contributed by atoms with Crippen molar-refractivity contribution in [3.63, 3.8) is 0 Å². The van der Waals surface area contributed by atoms with Gasteiger partial charge in [0.25, 0.3) is 0 Å². The van der Waals surface area contributed by atoms with Crippen LogP contribution in [0.3, 0.4) is 0 Å². The summed E-state index contributed by atoms with van der Waals surface area (Å²) in [7, 11) is 0. The fraction of sp³-hybridized carbons (Fsp3) is 0.300. The molecule has 2 aromatic carbocycles. The molecular formula is C20H21N5S. The van der Waals surface area contributed by atoms with Gasteiger partial charge in [-0.2, -0.15) is 4.37 Å². The standard InChI is InChI=1S/C20H21N5S/c1-2-6-16(7-3-1)14-23-10-12-24(13-11-23)15-19-22-26-20-21-17-8-4-5-9-18(17)25(19)20/h1-9H,10-15H2. The summed E-state index contributed by atoms with van der Waals surface area (Å²) in [5.41, 5.74) is 3.61. The van der Waals surface area contributed by atoms with E-state index in [1.54, 1.807) is 0 Å². The van der Waals surface area contributed by atoms with Crippen LogP contribution in [0.15, 0.2) is 54.6 Å². The van der Waals surface area contributed by atoms with Crippen LogP contribution in [-0.4, -0.2) is 49.7 Å². The number of aromatic nitrogens is 3. The van der Waals surface area contributed by atoms with Crippen molar-refractivity contribution in [3.05, 3.63) is 66.0 Å². The predicted molar refractivity (Wildman–Crippen MR) is 105 cm³/mol. The molecule has 0 unspecified atom stereocenters. The normalized spacial score (nSPS) is 16.6. The SMILES string of the molecule is c1ccc(CN2CCN(Cc3nsc4nc5ccccc5n34)CC2)cc1. The number of hydrogen-bond acceptors (Lipinski definition) is 5. The third-order valence-electron chi connectivity index (χ3n) is 5.10. The van der Waals surface area contributed by atoms with Crippen molar-refractivity contribution >= 4 is 27.5 Å². The summed E-state index contributed by atoms with van der Waals surface area (Å²) >= 11 is 1.50. The Bertz CT molecular complexity index is 1010. The topological polar surface area (TPSA) is 36.7 Å².